The summed E-state index contributed by atoms with van der Waals surface area (Å²) in [5.74, 6) is 1.53. The van der Waals surface area contributed by atoms with Crippen LogP contribution >= 0.6 is 0 Å². The molecule has 0 aliphatic rings. The number of hydrogen-bond donors (Lipinski definition) is 0. The Hall–Kier alpha value is -3.19. The zero-order valence-electron chi connectivity index (χ0n) is 18.4. The molecule has 0 amide bonds. The number of hydrogen-bond acceptors (Lipinski definition) is 4. The number of nitrogens with zero attached hydrogens (tertiary/aromatic N) is 3. The molecule has 0 atom stereocenters. The average Bonchev–Trinajstić information content (AvgIpc) is 2.83. The molecule has 0 fully saturated rings. The van der Waals surface area contributed by atoms with Gasteiger partial charge in [0.05, 0.1) is 11.6 Å². The van der Waals surface area contributed by atoms with Crippen molar-refractivity contribution in [3.8, 4) is 23.2 Å². The number of rotatable bonds is 12. The van der Waals surface area contributed by atoms with Gasteiger partial charge in [-0.25, -0.2) is 9.97 Å². The number of aryl methyl sites for hydroxylation is 1. The van der Waals surface area contributed by atoms with E-state index in [9.17, 15) is 0 Å². The second-order valence-electron chi connectivity index (χ2n) is 7.91. The van der Waals surface area contributed by atoms with Crippen LogP contribution in [0.2, 0.25) is 0 Å². The first-order valence-electron chi connectivity index (χ1n) is 11.3. The van der Waals surface area contributed by atoms with Gasteiger partial charge in [0.15, 0.2) is 5.82 Å². The number of aromatic nitrogens is 2. The molecule has 31 heavy (non-hydrogen) atoms. The first-order valence-corrected chi connectivity index (χ1v) is 11.3. The summed E-state index contributed by atoms with van der Waals surface area (Å²) in [5.41, 5.74) is 3.87. The van der Waals surface area contributed by atoms with Gasteiger partial charge in [0, 0.05) is 18.0 Å². The van der Waals surface area contributed by atoms with Crippen LogP contribution in [0.3, 0.4) is 0 Å². The third kappa shape index (κ3) is 7.53. The second kappa shape index (κ2) is 12.5. The van der Waals surface area contributed by atoms with E-state index in [4.69, 9.17) is 10.00 Å². The van der Waals surface area contributed by atoms with Crippen molar-refractivity contribution in [2.24, 2.45) is 0 Å². The first-order chi connectivity index (χ1) is 15.3. The van der Waals surface area contributed by atoms with Crippen LogP contribution in [0.1, 0.15) is 68.6 Å². The van der Waals surface area contributed by atoms with Crippen molar-refractivity contribution < 1.29 is 4.74 Å². The van der Waals surface area contributed by atoms with Crippen molar-refractivity contribution in [1.82, 2.24) is 9.97 Å². The normalized spacial score (nSPS) is 10.6. The Bertz CT molecular complexity index is 942. The average molecular weight is 414 g/mol. The van der Waals surface area contributed by atoms with E-state index >= 15 is 0 Å². The van der Waals surface area contributed by atoms with Gasteiger partial charge in [0.25, 0.3) is 0 Å². The van der Waals surface area contributed by atoms with Crippen molar-refractivity contribution in [2.45, 2.75) is 64.9 Å². The molecule has 1 heterocycles. The molecule has 0 bridgehead atoms. The van der Waals surface area contributed by atoms with Crippen molar-refractivity contribution in [3.05, 3.63) is 77.6 Å². The van der Waals surface area contributed by atoms with E-state index in [0.717, 1.165) is 29.1 Å². The monoisotopic (exact) mass is 413 g/mol. The number of unbranched alkanes of at least 4 members (excludes halogenated alkanes) is 6. The highest BCUT2D eigenvalue weighted by atomic mass is 16.5. The lowest BCUT2D eigenvalue weighted by Gasteiger charge is -2.08. The topological polar surface area (TPSA) is 58.8 Å². The minimum atomic E-state index is 0.467. The summed E-state index contributed by atoms with van der Waals surface area (Å²) in [7, 11) is 0. The van der Waals surface area contributed by atoms with Crippen LogP contribution in [0.5, 0.6) is 5.75 Å². The summed E-state index contributed by atoms with van der Waals surface area (Å²) < 4.78 is 5.84. The molecule has 0 aliphatic heterocycles. The third-order valence-corrected chi connectivity index (χ3v) is 5.38. The molecule has 0 spiro atoms. The maximum absolute atomic E-state index is 8.86. The van der Waals surface area contributed by atoms with Gasteiger partial charge in [0.2, 0.25) is 0 Å². The molecule has 3 aromatic rings. The zero-order valence-corrected chi connectivity index (χ0v) is 18.4. The largest absolute Gasteiger partial charge is 0.489 e. The maximum Gasteiger partial charge on any atom is 0.159 e. The lowest BCUT2D eigenvalue weighted by molar-refractivity contribution is 0.306. The van der Waals surface area contributed by atoms with Crippen LogP contribution < -0.4 is 4.74 Å². The van der Waals surface area contributed by atoms with Crippen LogP contribution in [0.15, 0.2) is 60.9 Å². The minimum Gasteiger partial charge on any atom is -0.489 e. The number of benzene rings is 2. The van der Waals surface area contributed by atoms with Crippen molar-refractivity contribution in [3.63, 3.8) is 0 Å². The standard InChI is InChI=1S/C27H31N3O/c1-2-3-4-5-6-7-8-9-24-19-29-27(30-20-24)25-14-16-26(17-15-25)31-21-23-12-10-22(18-28)11-13-23/h10-17,19-20H,2-9,21H2,1H3. The molecule has 0 aliphatic carbocycles. The highest BCUT2D eigenvalue weighted by Crippen LogP contribution is 2.20. The van der Waals surface area contributed by atoms with Crippen LogP contribution in [0.25, 0.3) is 11.4 Å². The Morgan fingerprint density at radius 1 is 0.774 bits per heavy atom. The van der Waals surface area contributed by atoms with Gasteiger partial charge in [-0.2, -0.15) is 5.26 Å². The van der Waals surface area contributed by atoms with Crippen molar-refractivity contribution >= 4 is 0 Å². The SMILES string of the molecule is CCCCCCCCCc1cnc(-c2ccc(OCc3ccc(C#N)cc3)cc2)nc1. The smallest absolute Gasteiger partial charge is 0.159 e. The summed E-state index contributed by atoms with van der Waals surface area (Å²) >= 11 is 0. The molecule has 1 aromatic heterocycles. The Kier molecular flexibility index (Phi) is 9.07. The Labute approximate surface area is 186 Å². The molecule has 2 aromatic carbocycles. The summed E-state index contributed by atoms with van der Waals surface area (Å²) in [6, 6.07) is 17.4. The van der Waals surface area contributed by atoms with Gasteiger partial charge < -0.3 is 4.74 Å². The van der Waals surface area contributed by atoms with E-state index in [1.807, 2.05) is 48.8 Å². The molecule has 4 nitrogen and oxygen atoms in total. The Morgan fingerprint density at radius 3 is 2.06 bits per heavy atom. The van der Waals surface area contributed by atoms with Crippen LogP contribution in [0.4, 0.5) is 0 Å². The number of nitriles is 1. The third-order valence-electron chi connectivity index (χ3n) is 5.38. The van der Waals surface area contributed by atoms with E-state index < -0.39 is 0 Å². The summed E-state index contributed by atoms with van der Waals surface area (Å²) in [4.78, 5) is 9.10. The fourth-order valence-electron chi connectivity index (χ4n) is 3.46. The van der Waals surface area contributed by atoms with Crippen LogP contribution in [-0.2, 0) is 13.0 Å². The second-order valence-corrected chi connectivity index (χ2v) is 7.91. The predicted molar refractivity (Wildman–Crippen MR) is 125 cm³/mol. The molecule has 0 saturated heterocycles. The molecule has 0 radical (unpaired) electrons. The van der Waals surface area contributed by atoms with Crippen LogP contribution in [0, 0.1) is 11.3 Å². The van der Waals surface area contributed by atoms with Crippen molar-refractivity contribution in [1.29, 1.82) is 5.26 Å². The van der Waals surface area contributed by atoms with E-state index in [0.29, 0.717) is 12.2 Å². The summed E-state index contributed by atoms with van der Waals surface area (Å²) in [6.45, 7) is 2.72. The summed E-state index contributed by atoms with van der Waals surface area (Å²) in [6.07, 6.45) is 14.2. The van der Waals surface area contributed by atoms with Gasteiger partial charge in [-0.3, -0.25) is 0 Å². The highest BCUT2D eigenvalue weighted by Gasteiger charge is 2.04. The van der Waals surface area contributed by atoms with Gasteiger partial charge >= 0.3 is 0 Å². The molecule has 0 unspecified atom stereocenters. The predicted octanol–water partition coefficient (Wildman–Crippen LogP) is 6.89. The van der Waals surface area contributed by atoms with E-state index in [-0.39, 0.29) is 0 Å². The molecule has 0 N–H and O–H groups in total. The molecule has 0 saturated carbocycles. The number of ether oxygens (including phenoxy) is 1. The molecule has 3 rings (SSSR count). The quantitative estimate of drug-likeness (QED) is 0.303. The van der Waals surface area contributed by atoms with Gasteiger partial charge in [-0.15, -0.1) is 0 Å². The molecular formula is C27H31N3O. The zero-order chi connectivity index (χ0) is 21.7. The molecular weight excluding hydrogens is 382 g/mol. The lowest BCUT2D eigenvalue weighted by atomic mass is 10.1. The van der Waals surface area contributed by atoms with Crippen molar-refractivity contribution in [2.75, 3.05) is 0 Å². The van der Waals surface area contributed by atoms with Gasteiger partial charge in [0.1, 0.15) is 12.4 Å². The molecule has 160 valence electrons. The maximum atomic E-state index is 8.86. The van der Waals surface area contributed by atoms with Gasteiger partial charge in [-0.1, -0.05) is 57.6 Å². The fourth-order valence-corrected chi connectivity index (χ4v) is 3.46. The first kappa shape index (κ1) is 22.5. The fraction of sp³-hybridized carbons (Fsp3) is 0.370. The van der Waals surface area contributed by atoms with E-state index in [1.54, 1.807) is 12.1 Å². The molecule has 4 heteroatoms. The Balaban J connectivity index is 1.44. The van der Waals surface area contributed by atoms with E-state index in [1.165, 1.54) is 50.5 Å². The minimum absolute atomic E-state index is 0.467. The lowest BCUT2D eigenvalue weighted by Crippen LogP contribution is -1.96. The summed E-state index contributed by atoms with van der Waals surface area (Å²) in [5, 5.41) is 8.86. The van der Waals surface area contributed by atoms with Gasteiger partial charge in [-0.05, 0) is 60.4 Å². The highest BCUT2D eigenvalue weighted by molar-refractivity contribution is 5.55. The van der Waals surface area contributed by atoms with E-state index in [2.05, 4.69) is 23.0 Å². The Morgan fingerprint density at radius 2 is 1.42 bits per heavy atom. The van der Waals surface area contributed by atoms with Crippen LogP contribution in [-0.4, -0.2) is 9.97 Å².